The van der Waals surface area contributed by atoms with E-state index in [1.54, 1.807) is 0 Å². The van der Waals surface area contributed by atoms with Gasteiger partial charge in [0, 0.05) is 44.7 Å². The number of fused-ring (bicyclic) bond motifs is 1. The van der Waals surface area contributed by atoms with Crippen LogP contribution in [0.4, 0.5) is 0 Å². The van der Waals surface area contributed by atoms with Crippen molar-refractivity contribution >= 4 is 11.9 Å². The molecule has 3 aliphatic heterocycles. The number of carbonyl (C=O) groups excluding carboxylic acids is 1. The zero-order chi connectivity index (χ0) is 22.6. The van der Waals surface area contributed by atoms with Crippen LogP contribution in [0.2, 0.25) is 0 Å². The van der Waals surface area contributed by atoms with Gasteiger partial charge in [-0.05, 0) is 37.5 Å². The molecular weight excluding hydrogens is 408 g/mol. The Bertz CT molecular complexity index is 827. The van der Waals surface area contributed by atoms with Crippen LogP contribution in [-0.2, 0) is 14.9 Å². The highest BCUT2D eigenvalue weighted by atomic mass is 16.6. The predicted molar refractivity (Wildman–Crippen MR) is 124 cm³/mol. The van der Waals surface area contributed by atoms with Crippen molar-refractivity contribution in [2.24, 2.45) is 4.99 Å². The van der Waals surface area contributed by atoms with Crippen molar-refractivity contribution in [3.63, 3.8) is 0 Å². The fourth-order valence-corrected chi connectivity index (χ4v) is 4.37. The number of rotatable bonds is 5. The predicted octanol–water partition coefficient (Wildman–Crippen LogP) is 2.02. The van der Waals surface area contributed by atoms with Crippen molar-refractivity contribution in [1.82, 2.24) is 15.1 Å². The van der Waals surface area contributed by atoms with Gasteiger partial charge in [0.2, 0.25) is 0 Å². The Morgan fingerprint density at radius 3 is 2.50 bits per heavy atom. The largest absolute Gasteiger partial charge is 0.486 e. The van der Waals surface area contributed by atoms with E-state index in [4.69, 9.17) is 19.2 Å². The summed E-state index contributed by atoms with van der Waals surface area (Å²) in [7, 11) is 0. The molecule has 1 N–H and O–H groups in total. The fourth-order valence-electron chi connectivity index (χ4n) is 4.37. The number of nitrogens with one attached hydrogen (secondary N) is 1. The first-order valence-corrected chi connectivity index (χ1v) is 11.8. The van der Waals surface area contributed by atoms with Gasteiger partial charge < -0.3 is 29.3 Å². The third-order valence-electron chi connectivity index (χ3n) is 6.38. The number of hydrogen-bond donors (Lipinski definition) is 1. The van der Waals surface area contributed by atoms with Gasteiger partial charge in [0.1, 0.15) is 19.3 Å². The van der Waals surface area contributed by atoms with Crippen LogP contribution in [0, 0.1) is 0 Å². The monoisotopic (exact) mass is 444 g/mol. The van der Waals surface area contributed by atoms with Crippen molar-refractivity contribution in [1.29, 1.82) is 0 Å². The molecule has 176 valence electrons. The van der Waals surface area contributed by atoms with Crippen molar-refractivity contribution in [2.75, 3.05) is 59.1 Å². The van der Waals surface area contributed by atoms with E-state index in [-0.39, 0.29) is 17.4 Å². The molecule has 1 unspecified atom stereocenters. The van der Waals surface area contributed by atoms with E-state index in [2.05, 4.69) is 43.1 Å². The zero-order valence-electron chi connectivity index (χ0n) is 19.6. The highest BCUT2D eigenvalue weighted by molar-refractivity contribution is 5.83. The first kappa shape index (κ1) is 22.7. The van der Waals surface area contributed by atoms with E-state index in [1.807, 2.05) is 11.0 Å². The maximum absolute atomic E-state index is 12.6. The molecule has 0 spiro atoms. The SMILES string of the molecule is CCNC(=NCC(C)(C)c1ccc2c(c1)OCCO2)N1CCN(C(=O)C2CCCO2)CC1. The van der Waals surface area contributed by atoms with Crippen LogP contribution in [0.15, 0.2) is 23.2 Å². The van der Waals surface area contributed by atoms with Crippen LogP contribution in [0.3, 0.4) is 0 Å². The Balaban J connectivity index is 1.39. The molecule has 3 aliphatic rings. The summed E-state index contributed by atoms with van der Waals surface area (Å²) in [5.74, 6) is 2.67. The molecule has 8 nitrogen and oxygen atoms in total. The summed E-state index contributed by atoms with van der Waals surface area (Å²) in [5, 5.41) is 3.43. The number of hydrogen-bond acceptors (Lipinski definition) is 5. The molecule has 2 fully saturated rings. The molecule has 1 amide bonds. The number of amides is 1. The van der Waals surface area contributed by atoms with Crippen LogP contribution >= 0.6 is 0 Å². The molecule has 0 aromatic heterocycles. The van der Waals surface area contributed by atoms with E-state index in [9.17, 15) is 4.79 Å². The van der Waals surface area contributed by atoms with E-state index in [1.165, 1.54) is 5.56 Å². The standard InChI is InChI=1S/C24H36N4O4/c1-4-25-23(28-11-9-27(10-12-28)22(29)20-6-5-13-30-20)26-17-24(2,3)18-7-8-19-21(16-18)32-15-14-31-19/h7-8,16,20H,4-6,9-15,17H2,1-3H3,(H,25,26). The van der Waals surface area contributed by atoms with Gasteiger partial charge in [-0.1, -0.05) is 19.9 Å². The number of piperazine rings is 1. The van der Waals surface area contributed by atoms with Crippen molar-refractivity contribution < 1.29 is 19.0 Å². The molecule has 0 saturated carbocycles. The van der Waals surface area contributed by atoms with Gasteiger partial charge in [0.25, 0.3) is 5.91 Å². The Kier molecular flexibility index (Phi) is 7.08. The molecule has 32 heavy (non-hydrogen) atoms. The minimum absolute atomic E-state index is 0.142. The van der Waals surface area contributed by atoms with Crippen LogP contribution in [0.1, 0.15) is 39.2 Å². The molecule has 1 aromatic carbocycles. The number of ether oxygens (including phenoxy) is 3. The number of guanidine groups is 1. The average molecular weight is 445 g/mol. The number of benzene rings is 1. The summed E-state index contributed by atoms with van der Waals surface area (Å²) in [4.78, 5) is 21.8. The van der Waals surface area contributed by atoms with Gasteiger partial charge in [0.15, 0.2) is 17.5 Å². The second-order valence-corrected chi connectivity index (χ2v) is 9.23. The lowest BCUT2D eigenvalue weighted by Gasteiger charge is -2.37. The highest BCUT2D eigenvalue weighted by Gasteiger charge is 2.31. The average Bonchev–Trinajstić information content (AvgIpc) is 3.36. The number of aliphatic imine (C=N–C) groups is 1. The summed E-state index contributed by atoms with van der Waals surface area (Å²) in [6, 6.07) is 6.17. The summed E-state index contributed by atoms with van der Waals surface area (Å²) >= 11 is 0. The van der Waals surface area contributed by atoms with Crippen molar-refractivity contribution in [2.45, 2.75) is 45.1 Å². The molecule has 4 rings (SSSR count). The van der Waals surface area contributed by atoms with Gasteiger partial charge in [-0.2, -0.15) is 0 Å². The zero-order valence-corrected chi connectivity index (χ0v) is 19.6. The molecule has 3 heterocycles. The molecule has 2 saturated heterocycles. The second-order valence-electron chi connectivity index (χ2n) is 9.23. The minimum Gasteiger partial charge on any atom is -0.486 e. The van der Waals surface area contributed by atoms with Gasteiger partial charge >= 0.3 is 0 Å². The molecule has 0 radical (unpaired) electrons. The molecular formula is C24H36N4O4. The third kappa shape index (κ3) is 5.11. The van der Waals surface area contributed by atoms with E-state index in [0.717, 1.165) is 49.9 Å². The molecule has 0 aliphatic carbocycles. The lowest BCUT2D eigenvalue weighted by Crippen LogP contribution is -2.55. The first-order chi connectivity index (χ1) is 15.5. The van der Waals surface area contributed by atoms with E-state index < -0.39 is 0 Å². The number of carbonyl (C=O) groups is 1. The molecule has 1 aromatic rings. The molecule has 1 atom stereocenters. The third-order valence-corrected chi connectivity index (χ3v) is 6.38. The van der Waals surface area contributed by atoms with Gasteiger partial charge in [-0.3, -0.25) is 9.79 Å². The molecule has 8 heteroatoms. The highest BCUT2D eigenvalue weighted by Crippen LogP contribution is 2.35. The van der Waals surface area contributed by atoms with Crippen molar-refractivity contribution in [3.05, 3.63) is 23.8 Å². The van der Waals surface area contributed by atoms with E-state index >= 15 is 0 Å². The van der Waals surface area contributed by atoms with Gasteiger partial charge in [-0.15, -0.1) is 0 Å². The van der Waals surface area contributed by atoms with E-state index in [0.29, 0.717) is 39.5 Å². The summed E-state index contributed by atoms with van der Waals surface area (Å²) in [5.41, 5.74) is 1.02. The summed E-state index contributed by atoms with van der Waals surface area (Å²) in [6.07, 6.45) is 1.58. The topological polar surface area (TPSA) is 75.6 Å². The maximum atomic E-state index is 12.6. The second kappa shape index (κ2) is 9.98. The van der Waals surface area contributed by atoms with Crippen LogP contribution in [0.25, 0.3) is 0 Å². The molecule has 0 bridgehead atoms. The Morgan fingerprint density at radius 1 is 1.09 bits per heavy atom. The normalized spacial score (nSPS) is 21.6. The van der Waals surface area contributed by atoms with Crippen LogP contribution in [-0.4, -0.2) is 86.9 Å². The number of nitrogens with zero attached hydrogens (tertiary/aromatic N) is 3. The lowest BCUT2D eigenvalue weighted by atomic mass is 9.84. The first-order valence-electron chi connectivity index (χ1n) is 11.8. The van der Waals surface area contributed by atoms with Gasteiger partial charge in [-0.25, -0.2) is 0 Å². The summed E-state index contributed by atoms with van der Waals surface area (Å²) < 4.78 is 17.0. The van der Waals surface area contributed by atoms with Crippen molar-refractivity contribution in [3.8, 4) is 11.5 Å². The van der Waals surface area contributed by atoms with Crippen LogP contribution < -0.4 is 14.8 Å². The Morgan fingerprint density at radius 2 is 1.81 bits per heavy atom. The van der Waals surface area contributed by atoms with Gasteiger partial charge in [0.05, 0.1) is 6.54 Å². The lowest BCUT2D eigenvalue weighted by molar-refractivity contribution is -0.142. The smallest absolute Gasteiger partial charge is 0.251 e. The Labute approximate surface area is 190 Å². The maximum Gasteiger partial charge on any atom is 0.251 e. The minimum atomic E-state index is -0.241. The fraction of sp³-hybridized carbons (Fsp3) is 0.667. The Hall–Kier alpha value is -2.48. The summed E-state index contributed by atoms with van der Waals surface area (Å²) in [6.45, 7) is 12.8. The van der Waals surface area contributed by atoms with Crippen LogP contribution in [0.5, 0.6) is 11.5 Å². The quantitative estimate of drug-likeness (QED) is 0.553.